The van der Waals surface area contributed by atoms with Crippen molar-refractivity contribution < 1.29 is 4.74 Å². The fraction of sp³-hybridized carbons (Fsp3) is 0.455. The number of hydrogen-bond donors (Lipinski definition) is 0. The molecule has 3 aromatic rings. The van der Waals surface area contributed by atoms with E-state index in [1.54, 1.807) is 11.3 Å². The molecule has 0 N–H and O–H groups in total. The molecular formula is C33H39NOS. The smallest absolute Gasteiger partial charge is 0.122 e. The molecule has 0 amide bonds. The normalized spacial score (nSPS) is 23.6. The first-order valence-corrected chi connectivity index (χ1v) is 14.9. The SMILES string of the molecule is COc1ccc(N2CCCc3cc(/C=C/c4cccs4)ccc32)cc1CCC1CC2CCCC(C2)C1. The van der Waals surface area contributed by atoms with Crippen molar-refractivity contribution >= 4 is 34.9 Å². The van der Waals surface area contributed by atoms with Crippen LogP contribution in [0, 0.1) is 17.8 Å². The van der Waals surface area contributed by atoms with Crippen LogP contribution in [0.15, 0.2) is 53.9 Å². The lowest BCUT2D eigenvalue weighted by Gasteiger charge is -2.39. The van der Waals surface area contributed by atoms with E-state index in [0.717, 1.165) is 42.9 Å². The summed E-state index contributed by atoms with van der Waals surface area (Å²) < 4.78 is 5.82. The van der Waals surface area contributed by atoms with E-state index in [-0.39, 0.29) is 0 Å². The maximum absolute atomic E-state index is 5.82. The number of hydrogen-bond acceptors (Lipinski definition) is 3. The van der Waals surface area contributed by atoms with E-state index in [4.69, 9.17) is 4.74 Å². The maximum Gasteiger partial charge on any atom is 0.122 e. The lowest BCUT2D eigenvalue weighted by Crippen LogP contribution is -2.27. The standard InChI is InChI=1S/C33H39NOS/c1-35-33-16-13-30(23-29(33)12-9-27-20-25-5-2-6-26(19-25)21-27)34-17-3-7-28-22-24(11-15-32(28)34)10-14-31-8-4-18-36-31/h4,8,10-11,13-16,18,22-23,25-27H,2-3,5-7,9,12,17,19-21H2,1H3/b14-10+. The first-order chi connectivity index (χ1) is 17.7. The van der Waals surface area contributed by atoms with Gasteiger partial charge >= 0.3 is 0 Å². The molecule has 0 radical (unpaired) electrons. The Morgan fingerprint density at radius 1 is 0.972 bits per heavy atom. The number of rotatable bonds is 7. The Morgan fingerprint density at radius 2 is 1.86 bits per heavy atom. The molecule has 1 aliphatic heterocycles. The zero-order valence-corrected chi connectivity index (χ0v) is 22.4. The minimum atomic E-state index is 0.902. The summed E-state index contributed by atoms with van der Waals surface area (Å²) in [5.41, 5.74) is 6.81. The van der Waals surface area contributed by atoms with Crippen molar-refractivity contribution in [2.45, 2.75) is 64.2 Å². The van der Waals surface area contributed by atoms with Crippen LogP contribution in [0.1, 0.15) is 72.9 Å². The van der Waals surface area contributed by atoms with Gasteiger partial charge in [-0.2, -0.15) is 0 Å². The molecule has 2 fully saturated rings. The van der Waals surface area contributed by atoms with Crippen molar-refractivity contribution in [3.8, 4) is 5.75 Å². The minimum absolute atomic E-state index is 0.902. The molecule has 0 saturated heterocycles. The summed E-state index contributed by atoms with van der Waals surface area (Å²) in [5.74, 6) is 3.97. The van der Waals surface area contributed by atoms with Crippen molar-refractivity contribution in [1.82, 2.24) is 0 Å². The quantitative estimate of drug-likeness (QED) is 0.323. The van der Waals surface area contributed by atoms with E-state index in [1.807, 2.05) is 7.11 Å². The molecule has 2 atom stereocenters. The van der Waals surface area contributed by atoms with Gasteiger partial charge in [0.2, 0.25) is 0 Å². The summed E-state index contributed by atoms with van der Waals surface area (Å²) in [4.78, 5) is 3.83. The largest absolute Gasteiger partial charge is 0.496 e. The van der Waals surface area contributed by atoms with Crippen molar-refractivity contribution in [2.75, 3.05) is 18.6 Å². The Hall–Kier alpha value is -2.52. The lowest BCUT2D eigenvalue weighted by atomic mass is 9.67. The second kappa shape index (κ2) is 10.8. The number of anilines is 2. The zero-order valence-electron chi connectivity index (χ0n) is 21.6. The van der Waals surface area contributed by atoms with Crippen molar-refractivity contribution in [2.24, 2.45) is 17.8 Å². The van der Waals surface area contributed by atoms with Crippen LogP contribution >= 0.6 is 11.3 Å². The van der Waals surface area contributed by atoms with Crippen LogP contribution in [-0.2, 0) is 12.8 Å². The lowest BCUT2D eigenvalue weighted by molar-refractivity contribution is 0.132. The van der Waals surface area contributed by atoms with Gasteiger partial charge in [-0.15, -0.1) is 11.3 Å². The number of nitrogens with zero attached hydrogens (tertiary/aromatic N) is 1. The number of benzene rings is 2. The molecule has 2 aromatic carbocycles. The molecule has 3 aliphatic rings. The highest BCUT2D eigenvalue weighted by atomic mass is 32.1. The molecule has 2 unspecified atom stereocenters. The van der Waals surface area contributed by atoms with E-state index >= 15 is 0 Å². The maximum atomic E-state index is 5.82. The highest BCUT2D eigenvalue weighted by Gasteiger charge is 2.31. The molecule has 0 spiro atoms. The Bertz CT molecular complexity index is 1180. The van der Waals surface area contributed by atoms with Gasteiger partial charge < -0.3 is 9.64 Å². The first kappa shape index (κ1) is 23.9. The molecule has 2 nitrogen and oxygen atoms in total. The summed E-state index contributed by atoms with van der Waals surface area (Å²) in [6.45, 7) is 1.08. The molecule has 2 saturated carbocycles. The molecule has 1 aromatic heterocycles. The van der Waals surface area contributed by atoms with Gasteiger partial charge in [0.1, 0.15) is 5.75 Å². The van der Waals surface area contributed by atoms with Crippen LogP contribution in [0.3, 0.4) is 0 Å². The van der Waals surface area contributed by atoms with Crippen LogP contribution in [0.2, 0.25) is 0 Å². The van der Waals surface area contributed by atoms with Crippen LogP contribution in [0.4, 0.5) is 11.4 Å². The number of thiophene rings is 1. The van der Waals surface area contributed by atoms with E-state index in [2.05, 4.69) is 71.0 Å². The highest BCUT2D eigenvalue weighted by Crippen LogP contribution is 2.44. The average molecular weight is 498 g/mol. The first-order valence-electron chi connectivity index (χ1n) is 14.0. The Morgan fingerprint density at radius 3 is 2.67 bits per heavy atom. The topological polar surface area (TPSA) is 12.5 Å². The van der Waals surface area contributed by atoms with E-state index in [1.165, 1.54) is 84.3 Å². The van der Waals surface area contributed by atoms with Gasteiger partial charge in [-0.1, -0.05) is 37.5 Å². The predicted molar refractivity (Wildman–Crippen MR) is 155 cm³/mol. The summed E-state index contributed by atoms with van der Waals surface area (Å²) in [7, 11) is 1.82. The average Bonchev–Trinajstić information content (AvgIpc) is 3.44. The van der Waals surface area contributed by atoms with Gasteiger partial charge in [-0.25, -0.2) is 0 Å². The monoisotopic (exact) mass is 497 g/mol. The van der Waals surface area contributed by atoms with E-state index < -0.39 is 0 Å². The third-order valence-electron chi connectivity index (χ3n) is 8.83. The minimum Gasteiger partial charge on any atom is -0.496 e. The third kappa shape index (κ3) is 5.27. The summed E-state index contributed by atoms with van der Waals surface area (Å²) in [5, 5.41) is 2.13. The summed E-state index contributed by atoms with van der Waals surface area (Å²) in [6.07, 6.45) is 18.1. The van der Waals surface area contributed by atoms with Gasteiger partial charge in [0.05, 0.1) is 7.11 Å². The van der Waals surface area contributed by atoms with Gasteiger partial charge in [-0.05, 0) is 127 Å². The Balaban J connectivity index is 1.19. The molecule has 188 valence electrons. The van der Waals surface area contributed by atoms with Crippen LogP contribution < -0.4 is 9.64 Å². The molecular weight excluding hydrogens is 458 g/mol. The van der Waals surface area contributed by atoms with Gasteiger partial charge in [0.25, 0.3) is 0 Å². The molecule has 6 rings (SSSR count). The predicted octanol–water partition coefficient (Wildman–Crippen LogP) is 9.16. The number of ether oxygens (including phenoxy) is 1. The zero-order chi connectivity index (χ0) is 24.3. The Labute approximate surface area is 221 Å². The highest BCUT2D eigenvalue weighted by molar-refractivity contribution is 7.10. The number of fused-ring (bicyclic) bond motifs is 3. The van der Waals surface area contributed by atoms with Crippen LogP contribution in [0.25, 0.3) is 12.2 Å². The molecule has 36 heavy (non-hydrogen) atoms. The summed E-state index contributed by atoms with van der Waals surface area (Å²) >= 11 is 1.78. The van der Waals surface area contributed by atoms with Gasteiger partial charge in [0, 0.05) is 22.8 Å². The van der Waals surface area contributed by atoms with Gasteiger partial charge in [-0.3, -0.25) is 0 Å². The van der Waals surface area contributed by atoms with E-state index in [9.17, 15) is 0 Å². The van der Waals surface area contributed by atoms with Crippen molar-refractivity contribution in [3.63, 3.8) is 0 Å². The molecule has 3 heteroatoms. The third-order valence-corrected chi connectivity index (χ3v) is 9.67. The number of methoxy groups -OCH3 is 1. The fourth-order valence-corrected chi connectivity index (χ4v) is 7.76. The van der Waals surface area contributed by atoms with Crippen LogP contribution in [0.5, 0.6) is 5.75 Å². The van der Waals surface area contributed by atoms with Crippen molar-refractivity contribution in [3.05, 3.63) is 75.5 Å². The van der Waals surface area contributed by atoms with Gasteiger partial charge in [0.15, 0.2) is 0 Å². The molecule has 2 aliphatic carbocycles. The molecule has 2 bridgehead atoms. The fourth-order valence-electron chi connectivity index (χ4n) is 7.15. The van der Waals surface area contributed by atoms with Crippen LogP contribution in [-0.4, -0.2) is 13.7 Å². The molecule has 2 heterocycles. The number of aryl methyl sites for hydroxylation is 2. The second-order valence-corrected chi connectivity index (χ2v) is 12.2. The van der Waals surface area contributed by atoms with E-state index in [0.29, 0.717) is 0 Å². The second-order valence-electron chi connectivity index (χ2n) is 11.3. The summed E-state index contributed by atoms with van der Waals surface area (Å²) in [6, 6.07) is 18.1. The van der Waals surface area contributed by atoms with Crippen molar-refractivity contribution in [1.29, 1.82) is 0 Å². The Kier molecular flexibility index (Phi) is 7.19.